The summed E-state index contributed by atoms with van der Waals surface area (Å²) < 4.78 is 0. The summed E-state index contributed by atoms with van der Waals surface area (Å²) in [5, 5.41) is 3.53. The molecule has 18 heavy (non-hydrogen) atoms. The molecule has 1 atom stereocenters. The third kappa shape index (κ3) is 3.14. The topological polar surface area (TPSA) is 12.0 Å². The van der Waals surface area contributed by atoms with E-state index in [-0.39, 0.29) is 0 Å². The molecule has 0 heterocycles. The van der Waals surface area contributed by atoms with Gasteiger partial charge in [0.25, 0.3) is 0 Å². The van der Waals surface area contributed by atoms with E-state index in [2.05, 4.69) is 44.4 Å². The molecule has 0 spiro atoms. The molecule has 1 saturated carbocycles. The number of aryl methyl sites for hydroxylation is 1. The monoisotopic (exact) mass is 245 g/mol. The van der Waals surface area contributed by atoms with E-state index >= 15 is 0 Å². The molecular weight excluding hydrogens is 218 g/mol. The van der Waals surface area contributed by atoms with Crippen LogP contribution in [-0.4, -0.2) is 7.05 Å². The minimum atomic E-state index is 0.535. The van der Waals surface area contributed by atoms with Crippen molar-refractivity contribution in [3.8, 4) is 0 Å². The van der Waals surface area contributed by atoms with Gasteiger partial charge in [-0.2, -0.15) is 0 Å². The normalized spacial score (nSPS) is 18.8. The Balaban J connectivity index is 2.09. The fraction of sp³-hybridized carbons (Fsp3) is 0.647. The summed E-state index contributed by atoms with van der Waals surface area (Å²) in [5.74, 6) is 0.927. The zero-order valence-electron chi connectivity index (χ0n) is 12.1. The van der Waals surface area contributed by atoms with Crippen molar-refractivity contribution in [3.63, 3.8) is 0 Å². The van der Waals surface area contributed by atoms with E-state index in [0.717, 1.165) is 5.92 Å². The van der Waals surface area contributed by atoms with Crippen LogP contribution in [0.15, 0.2) is 18.2 Å². The van der Waals surface area contributed by atoms with Gasteiger partial charge in [-0.1, -0.05) is 50.3 Å². The van der Waals surface area contributed by atoms with Gasteiger partial charge in [-0.05, 0) is 49.9 Å². The van der Waals surface area contributed by atoms with Gasteiger partial charge in [0.05, 0.1) is 0 Å². The van der Waals surface area contributed by atoms with Gasteiger partial charge in [-0.3, -0.25) is 0 Å². The highest BCUT2D eigenvalue weighted by atomic mass is 14.9. The Kier molecular flexibility index (Phi) is 4.82. The highest BCUT2D eigenvalue weighted by molar-refractivity contribution is 5.35. The first-order valence-electron chi connectivity index (χ1n) is 7.45. The van der Waals surface area contributed by atoms with Crippen molar-refractivity contribution in [1.82, 2.24) is 5.32 Å². The second-order valence-corrected chi connectivity index (χ2v) is 5.87. The van der Waals surface area contributed by atoms with Crippen LogP contribution in [0.5, 0.6) is 0 Å². The zero-order chi connectivity index (χ0) is 13.0. The quantitative estimate of drug-likeness (QED) is 0.821. The molecule has 2 rings (SSSR count). The average Bonchev–Trinajstić information content (AvgIpc) is 2.41. The maximum atomic E-state index is 3.53. The molecule has 1 aromatic rings. The van der Waals surface area contributed by atoms with Crippen molar-refractivity contribution in [2.24, 2.45) is 5.92 Å². The predicted molar refractivity (Wildman–Crippen MR) is 78.9 cm³/mol. The standard InChI is InChI=1S/C17H27N/c1-13-8-7-11-16(14(13)2)17(18-3)12-15-9-5-4-6-10-15/h7-8,11,15,17-18H,4-6,9-10,12H2,1-3H3. The Bertz CT molecular complexity index is 377. The third-order valence-corrected chi connectivity index (χ3v) is 4.66. The van der Waals surface area contributed by atoms with E-state index in [9.17, 15) is 0 Å². The minimum absolute atomic E-state index is 0.535. The number of hydrogen-bond acceptors (Lipinski definition) is 1. The molecule has 1 fully saturated rings. The lowest BCUT2D eigenvalue weighted by Gasteiger charge is -2.27. The first-order chi connectivity index (χ1) is 8.72. The first-order valence-corrected chi connectivity index (χ1v) is 7.45. The summed E-state index contributed by atoms with van der Waals surface area (Å²) in [7, 11) is 2.11. The Labute approximate surface area is 112 Å². The molecule has 1 nitrogen and oxygen atoms in total. The lowest BCUT2D eigenvalue weighted by molar-refractivity contribution is 0.305. The molecule has 1 aliphatic rings. The summed E-state index contributed by atoms with van der Waals surface area (Å²) in [6.45, 7) is 4.47. The number of hydrogen-bond donors (Lipinski definition) is 1. The van der Waals surface area contributed by atoms with Gasteiger partial charge in [0.2, 0.25) is 0 Å². The van der Waals surface area contributed by atoms with Gasteiger partial charge < -0.3 is 5.32 Å². The Morgan fingerprint density at radius 3 is 2.56 bits per heavy atom. The summed E-state index contributed by atoms with van der Waals surface area (Å²) in [6.07, 6.45) is 8.50. The molecule has 0 radical (unpaired) electrons. The summed E-state index contributed by atoms with van der Waals surface area (Å²) in [4.78, 5) is 0. The third-order valence-electron chi connectivity index (χ3n) is 4.66. The molecule has 1 heteroatoms. The van der Waals surface area contributed by atoms with Crippen LogP contribution in [0.1, 0.15) is 61.3 Å². The molecule has 0 amide bonds. The SMILES string of the molecule is CNC(CC1CCCCC1)c1cccc(C)c1C. The summed E-state index contributed by atoms with van der Waals surface area (Å²) >= 11 is 0. The molecule has 0 saturated heterocycles. The highest BCUT2D eigenvalue weighted by Gasteiger charge is 2.20. The van der Waals surface area contributed by atoms with Crippen LogP contribution in [0.4, 0.5) is 0 Å². The van der Waals surface area contributed by atoms with E-state index < -0.39 is 0 Å². The molecule has 1 aliphatic carbocycles. The molecule has 0 aliphatic heterocycles. The lowest BCUT2D eigenvalue weighted by atomic mass is 9.82. The zero-order valence-corrected chi connectivity index (χ0v) is 12.1. The molecule has 0 bridgehead atoms. The number of nitrogens with one attached hydrogen (secondary N) is 1. The molecule has 1 N–H and O–H groups in total. The summed E-state index contributed by atoms with van der Waals surface area (Å²) in [5.41, 5.74) is 4.38. The average molecular weight is 245 g/mol. The van der Waals surface area contributed by atoms with Gasteiger partial charge >= 0.3 is 0 Å². The van der Waals surface area contributed by atoms with E-state index in [0.29, 0.717) is 6.04 Å². The molecule has 1 aromatic carbocycles. The van der Waals surface area contributed by atoms with Crippen molar-refractivity contribution in [1.29, 1.82) is 0 Å². The molecular formula is C17H27N. The van der Waals surface area contributed by atoms with Crippen LogP contribution < -0.4 is 5.32 Å². The van der Waals surface area contributed by atoms with Crippen LogP contribution in [0, 0.1) is 19.8 Å². The highest BCUT2D eigenvalue weighted by Crippen LogP contribution is 2.33. The number of benzene rings is 1. The predicted octanol–water partition coefficient (Wildman–Crippen LogP) is 4.53. The van der Waals surface area contributed by atoms with Crippen LogP contribution in [0.25, 0.3) is 0 Å². The van der Waals surface area contributed by atoms with Crippen molar-refractivity contribution < 1.29 is 0 Å². The lowest BCUT2D eigenvalue weighted by Crippen LogP contribution is -2.22. The van der Waals surface area contributed by atoms with E-state index in [1.54, 1.807) is 0 Å². The van der Waals surface area contributed by atoms with Crippen molar-refractivity contribution in [3.05, 3.63) is 34.9 Å². The first kappa shape index (κ1) is 13.6. The summed E-state index contributed by atoms with van der Waals surface area (Å²) in [6, 6.07) is 7.24. The second kappa shape index (κ2) is 6.38. The number of rotatable bonds is 4. The molecule has 0 aromatic heterocycles. The Morgan fingerprint density at radius 1 is 1.17 bits per heavy atom. The maximum Gasteiger partial charge on any atom is 0.0322 e. The van der Waals surface area contributed by atoms with Crippen molar-refractivity contribution >= 4 is 0 Å². The molecule has 100 valence electrons. The van der Waals surface area contributed by atoms with Gasteiger partial charge in [-0.15, -0.1) is 0 Å². The Morgan fingerprint density at radius 2 is 1.89 bits per heavy atom. The van der Waals surface area contributed by atoms with Gasteiger partial charge in [-0.25, -0.2) is 0 Å². The fourth-order valence-electron chi connectivity index (χ4n) is 3.31. The van der Waals surface area contributed by atoms with Gasteiger partial charge in [0.1, 0.15) is 0 Å². The van der Waals surface area contributed by atoms with Gasteiger partial charge in [0.15, 0.2) is 0 Å². The van der Waals surface area contributed by atoms with Crippen LogP contribution in [0.3, 0.4) is 0 Å². The van der Waals surface area contributed by atoms with Crippen molar-refractivity contribution in [2.45, 2.75) is 58.4 Å². The maximum absolute atomic E-state index is 3.53. The van der Waals surface area contributed by atoms with Crippen LogP contribution in [-0.2, 0) is 0 Å². The van der Waals surface area contributed by atoms with Crippen molar-refractivity contribution in [2.75, 3.05) is 7.05 Å². The minimum Gasteiger partial charge on any atom is -0.313 e. The molecule has 1 unspecified atom stereocenters. The van der Waals surface area contributed by atoms with Gasteiger partial charge in [0, 0.05) is 6.04 Å². The second-order valence-electron chi connectivity index (χ2n) is 5.87. The van der Waals surface area contributed by atoms with Crippen LogP contribution in [0.2, 0.25) is 0 Å². The largest absolute Gasteiger partial charge is 0.313 e. The van der Waals surface area contributed by atoms with E-state index in [4.69, 9.17) is 0 Å². The van der Waals surface area contributed by atoms with Crippen LogP contribution >= 0.6 is 0 Å². The van der Waals surface area contributed by atoms with E-state index in [1.807, 2.05) is 0 Å². The van der Waals surface area contributed by atoms with E-state index in [1.165, 1.54) is 55.2 Å². The fourth-order valence-corrected chi connectivity index (χ4v) is 3.31. The Hall–Kier alpha value is -0.820. The smallest absolute Gasteiger partial charge is 0.0322 e.